The first-order valence-corrected chi connectivity index (χ1v) is 7.46. The van der Waals surface area contributed by atoms with Crippen LogP contribution in [0.15, 0.2) is 48.7 Å². The lowest BCUT2D eigenvalue weighted by Gasteiger charge is -2.36. The first kappa shape index (κ1) is 13.8. The van der Waals surface area contributed by atoms with Gasteiger partial charge in [-0.15, -0.1) is 0 Å². The molecule has 1 aromatic carbocycles. The predicted octanol–water partition coefficient (Wildman–Crippen LogP) is 2.04. The summed E-state index contributed by atoms with van der Waals surface area (Å²) in [6.45, 7) is 3.94. The number of thiocarbonyl (C=S) groups is 1. The highest BCUT2D eigenvalue weighted by Gasteiger charge is 2.18. The number of hydrogen-bond donors (Lipinski definition) is 1. The molecule has 5 heteroatoms. The standard InChI is InChI=1S/C16H18N4S/c17-16(21)13-4-6-14(7-5-13)19-9-11-20(12-10-19)15-3-1-2-8-18-15/h1-8H,9-12H2,(H2,17,21). The first-order chi connectivity index (χ1) is 10.2. The van der Waals surface area contributed by atoms with Crippen LogP contribution in [-0.2, 0) is 0 Å². The van der Waals surface area contributed by atoms with Crippen molar-refractivity contribution in [1.29, 1.82) is 0 Å². The number of hydrogen-bond acceptors (Lipinski definition) is 4. The van der Waals surface area contributed by atoms with Crippen molar-refractivity contribution in [3.63, 3.8) is 0 Å². The SMILES string of the molecule is NC(=S)c1ccc(N2CCN(c3ccccn3)CC2)cc1. The van der Waals surface area contributed by atoms with Gasteiger partial charge in [-0.25, -0.2) is 4.98 Å². The van der Waals surface area contributed by atoms with Gasteiger partial charge in [0, 0.05) is 43.6 Å². The van der Waals surface area contributed by atoms with E-state index in [9.17, 15) is 0 Å². The van der Waals surface area contributed by atoms with Crippen molar-refractivity contribution in [3.05, 3.63) is 54.2 Å². The van der Waals surface area contributed by atoms with E-state index >= 15 is 0 Å². The monoisotopic (exact) mass is 298 g/mol. The van der Waals surface area contributed by atoms with Gasteiger partial charge in [0.25, 0.3) is 0 Å². The second-order valence-electron chi connectivity index (χ2n) is 5.07. The van der Waals surface area contributed by atoms with Crippen molar-refractivity contribution in [2.24, 2.45) is 5.73 Å². The summed E-state index contributed by atoms with van der Waals surface area (Å²) in [4.78, 5) is 9.55. The van der Waals surface area contributed by atoms with Gasteiger partial charge in [0.05, 0.1) is 0 Å². The summed E-state index contributed by atoms with van der Waals surface area (Å²) < 4.78 is 0. The first-order valence-electron chi connectivity index (χ1n) is 7.05. The van der Waals surface area contributed by atoms with Gasteiger partial charge in [-0.2, -0.15) is 0 Å². The normalized spacial score (nSPS) is 15.0. The predicted molar refractivity (Wildman–Crippen MR) is 91.0 cm³/mol. The minimum Gasteiger partial charge on any atom is -0.389 e. The lowest BCUT2D eigenvalue weighted by atomic mass is 10.2. The van der Waals surface area contributed by atoms with Crippen molar-refractivity contribution in [2.75, 3.05) is 36.0 Å². The van der Waals surface area contributed by atoms with Crippen LogP contribution in [0.2, 0.25) is 0 Å². The quantitative estimate of drug-likeness (QED) is 0.879. The molecule has 1 aromatic heterocycles. The summed E-state index contributed by atoms with van der Waals surface area (Å²) in [5.74, 6) is 1.06. The van der Waals surface area contributed by atoms with Crippen molar-refractivity contribution >= 4 is 28.7 Å². The molecule has 2 heterocycles. The minimum atomic E-state index is 0.446. The molecule has 108 valence electrons. The van der Waals surface area contributed by atoms with Gasteiger partial charge in [0.2, 0.25) is 0 Å². The van der Waals surface area contributed by atoms with Gasteiger partial charge in [-0.05, 0) is 36.4 Å². The maximum Gasteiger partial charge on any atom is 0.128 e. The molecular weight excluding hydrogens is 280 g/mol. The van der Waals surface area contributed by atoms with Crippen LogP contribution in [0.25, 0.3) is 0 Å². The molecule has 2 aromatic rings. The lowest BCUT2D eigenvalue weighted by Crippen LogP contribution is -2.46. The van der Waals surface area contributed by atoms with Gasteiger partial charge in [0.15, 0.2) is 0 Å². The van der Waals surface area contributed by atoms with Gasteiger partial charge >= 0.3 is 0 Å². The van der Waals surface area contributed by atoms with Crippen molar-refractivity contribution in [2.45, 2.75) is 0 Å². The Morgan fingerprint density at radius 2 is 1.62 bits per heavy atom. The van der Waals surface area contributed by atoms with Crippen LogP contribution >= 0.6 is 12.2 Å². The number of pyridine rings is 1. The van der Waals surface area contributed by atoms with Crippen molar-refractivity contribution in [3.8, 4) is 0 Å². The van der Waals surface area contributed by atoms with E-state index in [1.54, 1.807) is 0 Å². The molecule has 0 spiro atoms. The van der Waals surface area contributed by atoms with Crippen molar-refractivity contribution < 1.29 is 0 Å². The zero-order valence-corrected chi connectivity index (χ0v) is 12.6. The minimum absolute atomic E-state index is 0.446. The molecule has 1 saturated heterocycles. The Labute approximate surface area is 130 Å². The highest BCUT2D eigenvalue weighted by molar-refractivity contribution is 7.80. The Bertz CT molecular complexity index is 604. The summed E-state index contributed by atoms with van der Waals surface area (Å²) >= 11 is 4.98. The van der Waals surface area contributed by atoms with E-state index in [2.05, 4.69) is 33.0 Å². The van der Waals surface area contributed by atoms with Crippen LogP contribution in [-0.4, -0.2) is 36.2 Å². The van der Waals surface area contributed by atoms with E-state index in [-0.39, 0.29) is 0 Å². The summed E-state index contributed by atoms with van der Waals surface area (Å²) in [5.41, 5.74) is 7.76. The molecule has 0 amide bonds. The molecule has 0 atom stereocenters. The number of nitrogens with two attached hydrogens (primary N) is 1. The average molecular weight is 298 g/mol. The molecule has 21 heavy (non-hydrogen) atoms. The highest BCUT2D eigenvalue weighted by Crippen LogP contribution is 2.19. The Morgan fingerprint density at radius 1 is 0.952 bits per heavy atom. The molecule has 0 saturated carbocycles. The third-order valence-electron chi connectivity index (χ3n) is 3.77. The van der Waals surface area contributed by atoms with E-state index in [0.29, 0.717) is 4.99 Å². The second-order valence-corrected chi connectivity index (χ2v) is 5.51. The van der Waals surface area contributed by atoms with Gasteiger partial charge in [-0.1, -0.05) is 18.3 Å². The molecule has 1 aliphatic rings. The van der Waals surface area contributed by atoms with Crippen LogP contribution in [0, 0.1) is 0 Å². The van der Waals surface area contributed by atoms with Gasteiger partial charge in [0.1, 0.15) is 10.8 Å². The van der Waals surface area contributed by atoms with Crippen LogP contribution in [0.3, 0.4) is 0 Å². The van der Waals surface area contributed by atoms with Crippen LogP contribution in [0.4, 0.5) is 11.5 Å². The van der Waals surface area contributed by atoms with E-state index in [0.717, 1.165) is 37.6 Å². The Kier molecular flexibility index (Phi) is 4.01. The van der Waals surface area contributed by atoms with Crippen LogP contribution < -0.4 is 15.5 Å². The fourth-order valence-corrected chi connectivity index (χ4v) is 2.71. The van der Waals surface area contributed by atoms with Gasteiger partial charge in [-0.3, -0.25) is 0 Å². The number of aromatic nitrogens is 1. The summed E-state index contributed by atoms with van der Waals surface area (Å²) in [5, 5.41) is 0. The number of nitrogens with zero attached hydrogens (tertiary/aromatic N) is 3. The van der Waals surface area contributed by atoms with Crippen LogP contribution in [0.5, 0.6) is 0 Å². The fourth-order valence-electron chi connectivity index (χ4n) is 2.57. The third kappa shape index (κ3) is 3.13. The molecule has 1 fully saturated rings. The third-order valence-corrected chi connectivity index (χ3v) is 4.01. The van der Waals surface area contributed by atoms with Gasteiger partial charge < -0.3 is 15.5 Å². The fraction of sp³-hybridized carbons (Fsp3) is 0.250. The molecule has 0 unspecified atom stereocenters. The number of rotatable bonds is 3. The number of benzene rings is 1. The molecule has 0 radical (unpaired) electrons. The highest BCUT2D eigenvalue weighted by atomic mass is 32.1. The lowest BCUT2D eigenvalue weighted by molar-refractivity contribution is 0.647. The van der Waals surface area contributed by atoms with Crippen molar-refractivity contribution in [1.82, 2.24) is 4.98 Å². The molecule has 3 rings (SSSR count). The van der Waals surface area contributed by atoms with Crippen LogP contribution in [0.1, 0.15) is 5.56 Å². The van der Waals surface area contributed by atoms with E-state index < -0.39 is 0 Å². The van der Waals surface area contributed by atoms with E-state index in [1.807, 2.05) is 30.5 Å². The topological polar surface area (TPSA) is 45.4 Å². The molecule has 0 bridgehead atoms. The molecule has 1 aliphatic heterocycles. The smallest absolute Gasteiger partial charge is 0.128 e. The number of anilines is 2. The Balaban J connectivity index is 1.64. The Morgan fingerprint density at radius 3 is 2.19 bits per heavy atom. The molecule has 2 N–H and O–H groups in total. The molecule has 4 nitrogen and oxygen atoms in total. The van der Waals surface area contributed by atoms with E-state index in [1.165, 1.54) is 5.69 Å². The zero-order chi connectivity index (χ0) is 14.7. The maximum atomic E-state index is 5.63. The second kappa shape index (κ2) is 6.10. The number of piperazine rings is 1. The summed E-state index contributed by atoms with van der Waals surface area (Å²) in [7, 11) is 0. The average Bonchev–Trinajstić information content (AvgIpc) is 2.56. The molecular formula is C16H18N4S. The maximum absolute atomic E-state index is 5.63. The zero-order valence-electron chi connectivity index (χ0n) is 11.8. The van der Waals surface area contributed by atoms with E-state index in [4.69, 9.17) is 18.0 Å². The summed E-state index contributed by atoms with van der Waals surface area (Å²) in [6.07, 6.45) is 1.84. The Hall–Kier alpha value is -2.14. The largest absolute Gasteiger partial charge is 0.389 e. The summed E-state index contributed by atoms with van der Waals surface area (Å²) in [6, 6.07) is 14.2. The molecule has 0 aliphatic carbocycles.